The molecule has 1 saturated heterocycles. The molecule has 1 rings (SSSR count). The Morgan fingerprint density at radius 1 is 1.88 bits per heavy atom. The van der Waals surface area contributed by atoms with E-state index in [0.29, 0.717) is 11.4 Å². The van der Waals surface area contributed by atoms with Gasteiger partial charge in [0.05, 0.1) is 5.37 Å². The van der Waals surface area contributed by atoms with Gasteiger partial charge < -0.3 is 11.1 Å². The predicted octanol–water partition coefficient (Wildman–Crippen LogP) is -0.00390. The second kappa shape index (κ2) is 2.71. The number of hydrogen-bond acceptors (Lipinski definition) is 3. The Hall–Kier alpha value is 0.270. The molecule has 0 bridgehead atoms. The fraction of sp³-hybridized carbons (Fsp3) is 1.00. The summed E-state index contributed by atoms with van der Waals surface area (Å²) in [4.78, 5) is 0. The lowest BCUT2D eigenvalue weighted by Gasteiger charge is -2.04. The highest BCUT2D eigenvalue weighted by Crippen LogP contribution is 2.16. The third kappa shape index (κ3) is 1.37. The zero-order valence-corrected chi connectivity index (χ0v) is 5.87. The molecule has 48 valence electrons. The minimum absolute atomic E-state index is 0.565. The molecule has 1 aliphatic heterocycles. The number of hydrogen-bond donors (Lipinski definition) is 2. The molecule has 2 atom stereocenters. The van der Waals surface area contributed by atoms with E-state index < -0.39 is 0 Å². The van der Waals surface area contributed by atoms with Gasteiger partial charge >= 0.3 is 0 Å². The highest BCUT2D eigenvalue weighted by atomic mass is 32.2. The third-order valence-electron chi connectivity index (χ3n) is 1.30. The molecular weight excluding hydrogens is 120 g/mol. The Balaban J connectivity index is 2.22. The molecule has 1 heterocycles. The minimum atomic E-state index is 0.565. The molecule has 8 heavy (non-hydrogen) atoms. The van der Waals surface area contributed by atoms with Crippen LogP contribution in [0.25, 0.3) is 0 Å². The summed E-state index contributed by atoms with van der Waals surface area (Å²) >= 11 is 1.94. The van der Waals surface area contributed by atoms with E-state index in [9.17, 15) is 0 Å². The Morgan fingerprint density at radius 3 is 2.88 bits per heavy atom. The summed E-state index contributed by atoms with van der Waals surface area (Å²) in [5, 5.41) is 3.96. The Kier molecular flexibility index (Phi) is 2.16. The summed E-state index contributed by atoms with van der Waals surface area (Å²) in [6.07, 6.45) is 0. The minimum Gasteiger partial charge on any atom is -0.329 e. The molecule has 0 aromatic carbocycles. The van der Waals surface area contributed by atoms with Crippen LogP contribution in [0.5, 0.6) is 0 Å². The van der Waals surface area contributed by atoms with Crippen molar-refractivity contribution in [3.05, 3.63) is 0 Å². The second-order valence-corrected chi connectivity index (χ2v) is 3.45. The van der Waals surface area contributed by atoms with E-state index >= 15 is 0 Å². The van der Waals surface area contributed by atoms with Gasteiger partial charge in [-0.2, -0.15) is 0 Å². The molecule has 0 saturated carbocycles. The first-order valence-corrected chi connectivity index (χ1v) is 3.95. The van der Waals surface area contributed by atoms with Gasteiger partial charge in [0.2, 0.25) is 0 Å². The zero-order chi connectivity index (χ0) is 5.98. The lowest BCUT2D eigenvalue weighted by molar-refractivity contribution is 0.590. The molecule has 2 unspecified atom stereocenters. The summed E-state index contributed by atoms with van der Waals surface area (Å²) < 4.78 is 0. The van der Waals surface area contributed by atoms with Crippen molar-refractivity contribution in [3.63, 3.8) is 0 Å². The maximum Gasteiger partial charge on any atom is 0.0506 e. The van der Waals surface area contributed by atoms with E-state index in [4.69, 9.17) is 5.73 Å². The Labute approximate surface area is 54.2 Å². The molecule has 1 aliphatic rings. The van der Waals surface area contributed by atoms with Gasteiger partial charge in [-0.25, -0.2) is 0 Å². The van der Waals surface area contributed by atoms with Gasteiger partial charge in [0.25, 0.3) is 0 Å². The van der Waals surface area contributed by atoms with Crippen molar-refractivity contribution in [2.45, 2.75) is 18.3 Å². The van der Waals surface area contributed by atoms with E-state index in [1.54, 1.807) is 0 Å². The maximum absolute atomic E-state index is 5.42. The molecule has 0 spiro atoms. The standard InChI is InChI=1S/C5H12N2S/c1-4-7-5(2-6)3-8-4/h4-5,7H,2-3,6H2,1H3. The van der Waals surface area contributed by atoms with Crippen LogP contribution < -0.4 is 11.1 Å². The van der Waals surface area contributed by atoms with E-state index in [2.05, 4.69) is 12.2 Å². The van der Waals surface area contributed by atoms with Crippen LogP contribution in [0.4, 0.5) is 0 Å². The van der Waals surface area contributed by atoms with Crippen LogP contribution in [0.1, 0.15) is 6.92 Å². The van der Waals surface area contributed by atoms with Gasteiger partial charge in [0.1, 0.15) is 0 Å². The Morgan fingerprint density at radius 2 is 2.62 bits per heavy atom. The molecule has 1 fully saturated rings. The first kappa shape index (κ1) is 6.39. The van der Waals surface area contributed by atoms with Crippen LogP contribution in [0.15, 0.2) is 0 Å². The lowest BCUT2D eigenvalue weighted by atomic mass is 10.3. The number of rotatable bonds is 1. The molecule has 0 amide bonds. The summed E-state index contributed by atoms with van der Waals surface area (Å²) in [5.74, 6) is 1.18. The van der Waals surface area contributed by atoms with E-state index in [0.717, 1.165) is 6.54 Å². The summed E-state index contributed by atoms with van der Waals surface area (Å²) in [6.45, 7) is 2.94. The number of nitrogens with one attached hydrogen (secondary N) is 1. The topological polar surface area (TPSA) is 38.0 Å². The number of thioether (sulfide) groups is 1. The molecule has 0 radical (unpaired) electrons. The fourth-order valence-corrected chi connectivity index (χ4v) is 1.87. The van der Waals surface area contributed by atoms with E-state index in [1.807, 2.05) is 11.8 Å². The van der Waals surface area contributed by atoms with Crippen LogP contribution in [-0.2, 0) is 0 Å². The monoisotopic (exact) mass is 132 g/mol. The summed E-state index contributed by atoms with van der Waals surface area (Å²) in [7, 11) is 0. The van der Waals surface area contributed by atoms with E-state index in [1.165, 1.54) is 5.75 Å². The second-order valence-electron chi connectivity index (χ2n) is 2.07. The van der Waals surface area contributed by atoms with Gasteiger partial charge in [-0.1, -0.05) is 0 Å². The van der Waals surface area contributed by atoms with Crippen molar-refractivity contribution in [1.29, 1.82) is 0 Å². The van der Waals surface area contributed by atoms with E-state index in [-0.39, 0.29) is 0 Å². The molecule has 0 aromatic heterocycles. The largest absolute Gasteiger partial charge is 0.329 e. The highest BCUT2D eigenvalue weighted by molar-refractivity contribution is 8.00. The molecule has 0 aliphatic carbocycles. The lowest BCUT2D eigenvalue weighted by Crippen LogP contribution is -2.34. The van der Waals surface area contributed by atoms with Gasteiger partial charge in [0, 0.05) is 18.3 Å². The maximum atomic E-state index is 5.42. The quantitative estimate of drug-likeness (QED) is 0.527. The molecular formula is C5H12N2S. The first-order chi connectivity index (χ1) is 3.83. The smallest absolute Gasteiger partial charge is 0.0506 e. The van der Waals surface area contributed by atoms with Crippen LogP contribution in [-0.4, -0.2) is 23.7 Å². The number of nitrogens with two attached hydrogens (primary N) is 1. The first-order valence-electron chi connectivity index (χ1n) is 2.90. The van der Waals surface area contributed by atoms with Crippen molar-refractivity contribution in [3.8, 4) is 0 Å². The van der Waals surface area contributed by atoms with Gasteiger partial charge in [0.15, 0.2) is 0 Å². The van der Waals surface area contributed by atoms with Crippen molar-refractivity contribution in [2.75, 3.05) is 12.3 Å². The summed E-state index contributed by atoms with van der Waals surface area (Å²) in [6, 6.07) is 0.565. The zero-order valence-electron chi connectivity index (χ0n) is 5.05. The predicted molar refractivity (Wildman–Crippen MR) is 37.9 cm³/mol. The van der Waals surface area contributed by atoms with Crippen LogP contribution in [0.3, 0.4) is 0 Å². The van der Waals surface area contributed by atoms with Gasteiger partial charge in [-0.15, -0.1) is 11.8 Å². The molecule has 0 aromatic rings. The molecule has 3 N–H and O–H groups in total. The van der Waals surface area contributed by atoms with Crippen molar-refractivity contribution >= 4 is 11.8 Å². The van der Waals surface area contributed by atoms with Crippen molar-refractivity contribution in [1.82, 2.24) is 5.32 Å². The normalized spacial score (nSPS) is 38.2. The van der Waals surface area contributed by atoms with Crippen molar-refractivity contribution in [2.24, 2.45) is 5.73 Å². The third-order valence-corrected chi connectivity index (χ3v) is 2.53. The average molecular weight is 132 g/mol. The molecule has 2 nitrogen and oxygen atoms in total. The molecule has 3 heteroatoms. The van der Waals surface area contributed by atoms with Crippen molar-refractivity contribution < 1.29 is 0 Å². The average Bonchev–Trinajstić information content (AvgIpc) is 2.14. The van der Waals surface area contributed by atoms with Gasteiger partial charge in [-0.05, 0) is 6.92 Å². The van der Waals surface area contributed by atoms with Crippen LogP contribution >= 0.6 is 11.8 Å². The van der Waals surface area contributed by atoms with Crippen LogP contribution in [0.2, 0.25) is 0 Å². The Bertz CT molecular complexity index is 76.8. The van der Waals surface area contributed by atoms with Gasteiger partial charge in [-0.3, -0.25) is 0 Å². The summed E-state index contributed by atoms with van der Waals surface area (Å²) in [5.41, 5.74) is 5.42. The highest BCUT2D eigenvalue weighted by Gasteiger charge is 2.18. The fourth-order valence-electron chi connectivity index (χ4n) is 0.825. The SMILES string of the molecule is CC1NC(CN)CS1. The van der Waals surface area contributed by atoms with Crippen LogP contribution in [0, 0.1) is 0 Å².